The second-order valence-electron chi connectivity index (χ2n) is 5.76. The Labute approximate surface area is 115 Å². The van der Waals surface area contributed by atoms with Crippen LogP contribution >= 0.6 is 0 Å². The number of methoxy groups -OCH3 is 2. The first kappa shape index (κ1) is 14.0. The summed E-state index contributed by atoms with van der Waals surface area (Å²) in [6, 6.07) is 6.28. The van der Waals surface area contributed by atoms with Crippen LogP contribution in [0.25, 0.3) is 0 Å². The molecule has 2 rings (SSSR count). The Morgan fingerprint density at radius 3 is 2.53 bits per heavy atom. The number of nitrogens with two attached hydrogens (primary N) is 1. The lowest BCUT2D eigenvalue weighted by molar-refractivity contribution is 0.332. The van der Waals surface area contributed by atoms with E-state index in [9.17, 15) is 0 Å². The second-order valence-corrected chi connectivity index (χ2v) is 5.76. The summed E-state index contributed by atoms with van der Waals surface area (Å²) in [5.74, 6) is 1.51. The number of anilines is 1. The van der Waals surface area contributed by atoms with Crippen LogP contribution in [0.2, 0.25) is 0 Å². The van der Waals surface area contributed by atoms with Gasteiger partial charge in [-0.3, -0.25) is 0 Å². The summed E-state index contributed by atoms with van der Waals surface area (Å²) in [7, 11) is 3.31. The van der Waals surface area contributed by atoms with E-state index < -0.39 is 0 Å². The predicted octanol–water partition coefficient (Wildman–Crippen LogP) is 2.41. The maximum atomic E-state index is 6.11. The first-order valence-electron chi connectivity index (χ1n) is 6.73. The molecular weight excluding hydrogens is 240 g/mol. The number of rotatable bonds is 3. The zero-order valence-electron chi connectivity index (χ0n) is 12.3. The molecule has 1 aromatic rings. The van der Waals surface area contributed by atoms with Crippen molar-refractivity contribution in [1.29, 1.82) is 0 Å². The highest BCUT2D eigenvalue weighted by Gasteiger charge is 2.33. The minimum Gasteiger partial charge on any atom is -0.493 e. The lowest BCUT2D eigenvalue weighted by atomic mass is 9.88. The van der Waals surface area contributed by atoms with Gasteiger partial charge >= 0.3 is 0 Å². The third-order valence-electron chi connectivity index (χ3n) is 3.95. The summed E-state index contributed by atoms with van der Waals surface area (Å²) in [6.07, 6.45) is 2.18. The van der Waals surface area contributed by atoms with Gasteiger partial charge in [-0.25, -0.2) is 0 Å². The van der Waals surface area contributed by atoms with E-state index in [0.29, 0.717) is 0 Å². The van der Waals surface area contributed by atoms with Gasteiger partial charge < -0.3 is 20.1 Å². The van der Waals surface area contributed by atoms with Crippen molar-refractivity contribution in [2.45, 2.75) is 38.3 Å². The molecule has 1 unspecified atom stereocenters. The molecule has 0 amide bonds. The molecule has 4 heteroatoms. The fraction of sp³-hybridized carbons (Fsp3) is 0.600. The third kappa shape index (κ3) is 2.78. The van der Waals surface area contributed by atoms with E-state index in [1.165, 1.54) is 0 Å². The van der Waals surface area contributed by atoms with Gasteiger partial charge in [0, 0.05) is 29.9 Å². The molecule has 0 aromatic heterocycles. The molecule has 0 radical (unpaired) electrons. The zero-order chi connectivity index (χ0) is 14.0. The maximum absolute atomic E-state index is 6.11. The maximum Gasteiger partial charge on any atom is 0.162 e. The van der Waals surface area contributed by atoms with E-state index in [-0.39, 0.29) is 11.6 Å². The Morgan fingerprint density at radius 1 is 1.21 bits per heavy atom. The lowest BCUT2D eigenvalue weighted by Gasteiger charge is -2.46. The van der Waals surface area contributed by atoms with E-state index in [2.05, 4.69) is 24.8 Å². The molecule has 0 aliphatic carbocycles. The van der Waals surface area contributed by atoms with E-state index in [4.69, 9.17) is 15.2 Å². The molecule has 0 saturated carbocycles. The molecule has 1 heterocycles. The van der Waals surface area contributed by atoms with Crippen molar-refractivity contribution in [3.05, 3.63) is 18.2 Å². The fourth-order valence-electron chi connectivity index (χ4n) is 2.69. The van der Waals surface area contributed by atoms with Crippen LogP contribution in [0.15, 0.2) is 18.2 Å². The highest BCUT2D eigenvalue weighted by atomic mass is 16.5. The molecule has 0 bridgehead atoms. The van der Waals surface area contributed by atoms with Crippen LogP contribution in [0.5, 0.6) is 11.5 Å². The van der Waals surface area contributed by atoms with Crippen LogP contribution in [0.1, 0.15) is 26.7 Å². The topological polar surface area (TPSA) is 47.7 Å². The van der Waals surface area contributed by atoms with Crippen molar-refractivity contribution in [2.24, 2.45) is 5.73 Å². The molecule has 1 saturated heterocycles. The molecule has 1 aliphatic rings. The average molecular weight is 264 g/mol. The van der Waals surface area contributed by atoms with Gasteiger partial charge in [0.2, 0.25) is 0 Å². The quantitative estimate of drug-likeness (QED) is 0.910. The number of benzene rings is 1. The molecule has 106 valence electrons. The van der Waals surface area contributed by atoms with Gasteiger partial charge in [0.05, 0.1) is 14.2 Å². The minimum absolute atomic E-state index is 0.121. The molecule has 4 nitrogen and oxygen atoms in total. The van der Waals surface area contributed by atoms with Gasteiger partial charge in [-0.1, -0.05) is 0 Å². The van der Waals surface area contributed by atoms with Gasteiger partial charge in [0.15, 0.2) is 11.5 Å². The molecule has 1 fully saturated rings. The highest BCUT2D eigenvalue weighted by Crippen LogP contribution is 2.37. The van der Waals surface area contributed by atoms with E-state index >= 15 is 0 Å². The zero-order valence-corrected chi connectivity index (χ0v) is 12.3. The number of hydrogen-bond donors (Lipinski definition) is 1. The molecule has 1 atom stereocenters. The monoisotopic (exact) mass is 264 g/mol. The Balaban J connectivity index is 2.34. The molecule has 1 aromatic carbocycles. The number of hydrogen-bond acceptors (Lipinski definition) is 4. The van der Waals surface area contributed by atoms with Crippen molar-refractivity contribution in [1.82, 2.24) is 0 Å². The smallest absolute Gasteiger partial charge is 0.162 e. The first-order chi connectivity index (χ1) is 8.97. The largest absolute Gasteiger partial charge is 0.493 e. The van der Waals surface area contributed by atoms with Crippen molar-refractivity contribution < 1.29 is 9.47 Å². The van der Waals surface area contributed by atoms with Crippen molar-refractivity contribution in [3.8, 4) is 11.5 Å². The van der Waals surface area contributed by atoms with Gasteiger partial charge in [-0.15, -0.1) is 0 Å². The molecule has 0 spiro atoms. The van der Waals surface area contributed by atoms with E-state index in [1.54, 1.807) is 14.2 Å². The summed E-state index contributed by atoms with van der Waals surface area (Å²) in [6.45, 7) is 5.40. The number of ether oxygens (including phenoxy) is 2. The molecule has 19 heavy (non-hydrogen) atoms. The normalized spacial score (nSPS) is 22.2. The van der Waals surface area contributed by atoms with Gasteiger partial charge in [-0.2, -0.15) is 0 Å². The predicted molar refractivity (Wildman–Crippen MR) is 78.2 cm³/mol. The van der Waals surface area contributed by atoms with Gasteiger partial charge in [0.1, 0.15) is 0 Å². The van der Waals surface area contributed by atoms with E-state index in [0.717, 1.165) is 36.6 Å². The molecule has 1 aliphatic heterocycles. The summed E-state index contributed by atoms with van der Waals surface area (Å²) in [5.41, 5.74) is 7.37. The summed E-state index contributed by atoms with van der Waals surface area (Å²) >= 11 is 0. The standard InChI is InChI=1S/C15H24N2O2/c1-15(2)8-7-11(16)10-17(15)12-5-6-13(18-3)14(9-12)19-4/h5-6,9,11H,7-8,10,16H2,1-4H3. The Hall–Kier alpha value is -1.42. The van der Waals surface area contributed by atoms with Crippen molar-refractivity contribution in [2.75, 3.05) is 25.7 Å². The van der Waals surface area contributed by atoms with E-state index in [1.807, 2.05) is 12.1 Å². The third-order valence-corrected chi connectivity index (χ3v) is 3.95. The molecular formula is C15H24N2O2. The van der Waals surface area contributed by atoms with Gasteiger partial charge in [-0.05, 0) is 38.8 Å². The minimum atomic E-state index is 0.121. The fourth-order valence-corrected chi connectivity index (χ4v) is 2.69. The SMILES string of the molecule is COc1ccc(N2CC(N)CCC2(C)C)cc1OC. The van der Waals surface area contributed by atoms with Crippen molar-refractivity contribution >= 4 is 5.69 Å². The van der Waals surface area contributed by atoms with Crippen LogP contribution < -0.4 is 20.1 Å². The average Bonchev–Trinajstić information content (AvgIpc) is 2.40. The summed E-state index contributed by atoms with van der Waals surface area (Å²) < 4.78 is 10.7. The van der Waals surface area contributed by atoms with Crippen LogP contribution in [0.3, 0.4) is 0 Å². The second kappa shape index (κ2) is 5.29. The first-order valence-corrected chi connectivity index (χ1v) is 6.73. The van der Waals surface area contributed by atoms with Crippen LogP contribution in [-0.4, -0.2) is 32.3 Å². The molecule has 2 N–H and O–H groups in total. The number of piperidine rings is 1. The van der Waals surface area contributed by atoms with Crippen LogP contribution in [0.4, 0.5) is 5.69 Å². The Kier molecular flexibility index (Phi) is 3.90. The van der Waals surface area contributed by atoms with Crippen LogP contribution in [0, 0.1) is 0 Å². The number of nitrogens with zero attached hydrogens (tertiary/aromatic N) is 1. The lowest BCUT2D eigenvalue weighted by Crippen LogP contribution is -2.54. The van der Waals surface area contributed by atoms with Crippen LogP contribution in [-0.2, 0) is 0 Å². The Morgan fingerprint density at radius 2 is 1.89 bits per heavy atom. The van der Waals surface area contributed by atoms with Crippen molar-refractivity contribution in [3.63, 3.8) is 0 Å². The summed E-state index contributed by atoms with van der Waals surface area (Å²) in [4.78, 5) is 2.36. The van der Waals surface area contributed by atoms with Gasteiger partial charge in [0.25, 0.3) is 0 Å². The Bertz CT molecular complexity index is 446. The summed E-state index contributed by atoms with van der Waals surface area (Å²) in [5, 5.41) is 0. The highest BCUT2D eigenvalue weighted by molar-refractivity contribution is 5.58.